The molecule has 1 saturated heterocycles. The Morgan fingerprint density at radius 1 is 1.43 bits per heavy atom. The summed E-state index contributed by atoms with van der Waals surface area (Å²) < 4.78 is 0. The van der Waals surface area contributed by atoms with E-state index >= 15 is 0 Å². The zero-order valence-electron chi connectivity index (χ0n) is 7.79. The molecule has 0 radical (unpaired) electrons. The Hall–Kier alpha value is -0.140. The van der Waals surface area contributed by atoms with Crippen molar-refractivity contribution in [1.29, 1.82) is 0 Å². The smallest absolute Gasteiger partial charge is 0.106 e. The Bertz CT molecular complexity index is 261. The van der Waals surface area contributed by atoms with E-state index in [1.54, 1.807) is 0 Å². The highest BCUT2D eigenvalue weighted by Crippen LogP contribution is 2.32. The van der Waals surface area contributed by atoms with Crippen LogP contribution in [0.4, 0.5) is 0 Å². The number of nitrogens with zero attached hydrogens (tertiary/aromatic N) is 1. The van der Waals surface area contributed by atoms with Gasteiger partial charge in [0.1, 0.15) is 12.1 Å². The van der Waals surface area contributed by atoms with Crippen molar-refractivity contribution in [3.05, 3.63) is 0 Å². The van der Waals surface area contributed by atoms with Crippen LogP contribution in [0.5, 0.6) is 0 Å². The molecule has 0 aromatic heterocycles. The molecule has 0 aromatic rings. The molecule has 0 aliphatic carbocycles. The van der Waals surface area contributed by atoms with Crippen LogP contribution in [0.15, 0.2) is 4.99 Å². The van der Waals surface area contributed by atoms with E-state index in [0.29, 0.717) is 0 Å². The first-order valence-corrected chi connectivity index (χ1v) is 5.45. The number of aliphatic hydroxyl groups is 3. The van der Waals surface area contributed by atoms with Crippen molar-refractivity contribution >= 4 is 16.8 Å². The SMILES string of the molecule is CC1=N[C@@H]2[C@@H](O)[C@H](O)[C@@H](CO)N[C@@H]2S1. The van der Waals surface area contributed by atoms with E-state index in [1.807, 2.05) is 6.92 Å². The first-order valence-electron chi connectivity index (χ1n) is 4.57. The van der Waals surface area contributed by atoms with Gasteiger partial charge in [-0.25, -0.2) is 0 Å². The van der Waals surface area contributed by atoms with E-state index in [0.717, 1.165) is 5.04 Å². The number of fused-ring (bicyclic) bond motifs is 1. The van der Waals surface area contributed by atoms with Crippen molar-refractivity contribution in [2.24, 2.45) is 4.99 Å². The van der Waals surface area contributed by atoms with Gasteiger partial charge in [-0.15, -0.1) is 0 Å². The van der Waals surface area contributed by atoms with Crippen LogP contribution in [-0.2, 0) is 0 Å². The standard InChI is InChI=1S/C8H14N2O3S/c1-3-9-5-7(13)6(12)4(2-11)10-8(5)14-3/h4-8,10-13H,2H2,1H3/t4-,5-,6-,7-,8-/m1/s1. The fraction of sp³-hybridized carbons (Fsp3) is 0.875. The fourth-order valence-corrected chi connectivity index (χ4v) is 3.01. The number of piperidine rings is 1. The van der Waals surface area contributed by atoms with E-state index < -0.39 is 18.2 Å². The molecule has 1 fully saturated rings. The van der Waals surface area contributed by atoms with E-state index in [4.69, 9.17) is 5.11 Å². The summed E-state index contributed by atoms with van der Waals surface area (Å²) in [6, 6.07) is -0.752. The highest BCUT2D eigenvalue weighted by atomic mass is 32.2. The van der Waals surface area contributed by atoms with Gasteiger partial charge >= 0.3 is 0 Å². The van der Waals surface area contributed by atoms with Gasteiger partial charge in [0, 0.05) is 0 Å². The number of hydrogen-bond acceptors (Lipinski definition) is 6. The number of hydrogen-bond donors (Lipinski definition) is 4. The minimum absolute atomic E-state index is 0.0226. The van der Waals surface area contributed by atoms with Crippen molar-refractivity contribution in [3.63, 3.8) is 0 Å². The molecule has 2 aliphatic heterocycles. The minimum Gasteiger partial charge on any atom is -0.395 e. The van der Waals surface area contributed by atoms with Crippen molar-refractivity contribution in [3.8, 4) is 0 Å². The van der Waals surface area contributed by atoms with Gasteiger partial charge in [-0.2, -0.15) is 0 Å². The number of thioether (sulfide) groups is 1. The van der Waals surface area contributed by atoms with Gasteiger partial charge in [0.05, 0.1) is 29.2 Å². The first-order chi connectivity index (χ1) is 6.63. The highest BCUT2D eigenvalue weighted by molar-refractivity contribution is 8.14. The second kappa shape index (κ2) is 3.79. The molecule has 4 N–H and O–H groups in total. The first kappa shape index (κ1) is 10.4. The normalized spacial score (nSPS) is 47.4. The Morgan fingerprint density at radius 2 is 2.14 bits per heavy atom. The van der Waals surface area contributed by atoms with Crippen LogP contribution in [0.25, 0.3) is 0 Å². The van der Waals surface area contributed by atoms with E-state index in [-0.39, 0.29) is 18.0 Å². The Balaban J connectivity index is 2.14. The maximum Gasteiger partial charge on any atom is 0.106 e. The van der Waals surface area contributed by atoms with Crippen LogP contribution >= 0.6 is 11.8 Å². The summed E-state index contributed by atoms with van der Waals surface area (Å²) in [5.41, 5.74) is 0. The third-order valence-electron chi connectivity index (χ3n) is 2.63. The largest absolute Gasteiger partial charge is 0.395 e. The quantitative estimate of drug-likeness (QED) is 0.432. The molecule has 2 rings (SSSR count). The molecule has 0 saturated carbocycles. The molecule has 0 spiro atoms. The number of aliphatic imine (C=N–C) groups is 1. The van der Waals surface area contributed by atoms with Gasteiger partial charge < -0.3 is 15.3 Å². The summed E-state index contributed by atoms with van der Waals surface area (Å²) in [5.74, 6) is 0. The topological polar surface area (TPSA) is 85.1 Å². The number of aliphatic hydroxyl groups excluding tert-OH is 3. The second-order valence-corrected chi connectivity index (χ2v) is 4.95. The number of nitrogens with one attached hydrogen (secondary N) is 1. The summed E-state index contributed by atoms with van der Waals surface area (Å²) in [5, 5.41) is 32.3. The molecule has 0 aromatic carbocycles. The monoisotopic (exact) mass is 218 g/mol. The Labute approximate surface area is 86.2 Å². The lowest BCUT2D eigenvalue weighted by Gasteiger charge is -2.38. The molecule has 0 unspecified atom stereocenters. The van der Waals surface area contributed by atoms with Crippen molar-refractivity contribution in [2.45, 2.75) is 36.6 Å². The van der Waals surface area contributed by atoms with Crippen molar-refractivity contribution in [1.82, 2.24) is 5.32 Å². The molecule has 0 bridgehead atoms. The molecular weight excluding hydrogens is 204 g/mol. The van der Waals surface area contributed by atoms with Gasteiger partial charge in [0.25, 0.3) is 0 Å². The van der Waals surface area contributed by atoms with Crippen LogP contribution in [0.2, 0.25) is 0 Å². The summed E-state index contributed by atoms with van der Waals surface area (Å²) >= 11 is 1.53. The molecule has 80 valence electrons. The molecular formula is C8H14N2O3S. The van der Waals surface area contributed by atoms with Crippen LogP contribution in [0.3, 0.4) is 0 Å². The molecule has 2 aliphatic rings. The van der Waals surface area contributed by atoms with Gasteiger partial charge in [0.15, 0.2) is 0 Å². The summed E-state index contributed by atoms with van der Waals surface area (Å²) in [6.45, 7) is 1.69. The average molecular weight is 218 g/mol. The third-order valence-corrected chi connectivity index (χ3v) is 3.74. The van der Waals surface area contributed by atoms with Gasteiger partial charge in [-0.1, -0.05) is 11.8 Å². The Kier molecular flexibility index (Phi) is 2.81. The van der Waals surface area contributed by atoms with E-state index in [9.17, 15) is 10.2 Å². The lowest BCUT2D eigenvalue weighted by molar-refractivity contribution is -0.0507. The zero-order chi connectivity index (χ0) is 10.3. The average Bonchev–Trinajstić information content (AvgIpc) is 2.52. The Morgan fingerprint density at radius 3 is 2.79 bits per heavy atom. The highest BCUT2D eigenvalue weighted by Gasteiger charge is 2.45. The van der Waals surface area contributed by atoms with E-state index in [1.165, 1.54) is 11.8 Å². The van der Waals surface area contributed by atoms with Gasteiger partial charge in [0.2, 0.25) is 0 Å². The van der Waals surface area contributed by atoms with Crippen LogP contribution < -0.4 is 5.32 Å². The second-order valence-electron chi connectivity index (χ2n) is 3.61. The molecule has 2 heterocycles. The molecule has 0 amide bonds. The predicted octanol–water partition coefficient (Wildman–Crippen LogP) is -1.47. The van der Waals surface area contributed by atoms with Crippen molar-refractivity contribution < 1.29 is 15.3 Å². The van der Waals surface area contributed by atoms with Crippen LogP contribution in [0.1, 0.15) is 6.92 Å². The summed E-state index contributed by atoms with van der Waals surface area (Å²) in [4.78, 5) is 4.24. The molecule has 5 atom stereocenters. The maximum absolute atomic E-state index is 9.75. The fourth-order valence-electron chi connectivity index (χ4n) is 1.86. The zero-order valence-corrected chi connectivity index (χ0v) is 8.61. The van der Waals surface area contributed by atoms with Gasteiger partial charge in [-0.05, 0) is 6.92 Å². The predicted molar refractivity (Wildman–Crippen MR) is 54.3 cm³/mol. The molecule has 5 nitrogen and oxygen atoms in total. The summed E-state index contributed by atoms with van der Waals surface area (Å²) in [6.07, 6.45) is -1.83. The van der Waals surface area contributed by atoms with Crippen LogP contribution in [0, 0.1) is 0 Å². The van der Waals surface area contributed by atoms with E-state index in [2.05, 4.69) is 10.3 Å². The van der Waals surface area contributed by atoms with Gasteiger partial charge in [-0.3, -0.25) is 10.3 Å². The maximum atomic E-state index is 9.75. The third kappa shape index (κ3) is 1.57. The van der Waals surface area contributed by atoms with Crippen LogP contribution in [-0.4, -0.2) is 56.6 Å². The lowest BCUT2D eigenvalue weighted by atomic mass is 9.95. The molecule has 14 heavy (non-hydrogen) atoms. The van der Waals surface area contributed by atoms with Crippen molar-refractivity contribution in [2.75, 3.05) is 6.61 Å². The summed E-state index contributed by atoms with van der Waals surface area (Å²) in [7, 11) is 0. The molecule has 6 heteroatoms. The minimum atomic E-state index is -0.948. The lowest BCUT2D eigenvalue weighted by Crippen LogP contribution is -2.63. The number of rotatable bonds is 1.